The SMILES string of the molecule is CN1CCC[C@H]1COc1nc2c(F)c(Br)c(CCC#N)cc2c2c1ccn2C12CC(CN1C(=O)OC(C)(C)C)C2. The minimum absolute atomic E-state index is 0.212. The lowest BCUT2D eigenvalue weighted by molar-refractivity contribution is -0.0163. The van der Waals surface area contributed by atoms with Crippen LogP contribution in [-0.2, 0) is 16.8 Å². The van der Waals surface area contributed by atoms with Gasteiger partial charge < -0.3 is 18.9 Å². The fourth-order valence-corrected chi connectivity index (χ4v) is 7.23. The van der Waals surface area contributed by atoms with Crippen LogP contribution in [0.25, 0.3) is 21.8 Å². The molecule has 10 heteroatoms. The van der Waals surface area contributed by atoms with Crippen LogP contribution in [0.5, 0.6) is 5.88 Å². The third kappa shape index (κ3) is 4.42. The number of halogens is 2. The Morgan fingerprint density at radius 2 is 2.10 bits per heavy atom. The maximum Gasteiger partial charge on any atom is 0.412 e. The minimum atomic E-state index is -0.611. The van der Waals surface area contributed by atoms with Gasteiger partial charge in [-0.05, 0) is 106 Å². The summed E-state index contributed by atoms with van der Waals surface area (Å²) in [6, 6.07) is 6.34. The number of amides is 1. The van der Waals surface area contributed by atoms with E-state index in [-0.39, 0.29) is 24.1 Å². The lowest BCUT2D eigenvalue weighted by Crippen LogP contribution is -2.51. The Bertz CT molecular complexity index is 1530. The van der Waals surface area contributed by atoms with E-state index in [1.54, 1.807) is 0 Å². The summed E-state index contributed by atoms with van der Waals surface area (Å²) in [5.41, 5.74) is 0.507. The van der Waals surface area contributed by atoms with Crippen molar-refractivity contribution in [1.82, 2.24) is 19.4 Å². The third-order valence-corrected chi connectivity index (χ3v) is 9.53. The predicted octanol–water partition coefficient (Wildman–Crippen LogP) is 6.33. The van der Waals surface area contributed by atoms with Gasteiger partial charge in [-0.2, -0.15) is 5.26 Å². The lowest BCUT2D eigenvalue weighted by Gasteiger charge is -2.44. The van der Waals surface area contributed by atoms with Gasteiger partial charge >= 0.3 is 6.09 Å². The molecule has 5 heterocycles. The van der Waals surface area contributed by atoms with Crippen LogP contribution in [0, 0.1) is 23.1 Å². The highest BCUT2D eigenvalue weighted by atomic mass is 79.9. The molecule has 3 aromatic rings. The Labute approximate surface area is 242 Å². The normalized spacial score (nSPS) is 24.5. The molecular weight excluding hydrogens is 577 g/mol. The molecule has 3 aliphatic heterocycles. The number of nitrogens with zero attached hydrogens (tertiary/aromatic N) is 5. The van der Waals surface area contributed by atoms with Crippen molar-refractivity contribution in [1.29, 1.82) is 5.26 Å². The molecule has 1 aliphatic carbocycles. The number of ether oxygens (including phenoxy) is 2. The molecule has 212 valence electrons. The fraction of sp³-hybridized carbons (Fsp3) is 0.567. The number of rotatable bonds is 6. The van der Waals surface area contributed by atoms with E-state index in [0.29, 0.717) is 46.8 Å². The molecule has 1 saturated carbocycles. The predicted molar refractivity (Wildman–Crippen MR) is 154 cm³/mol. The molecule has 4 fully saturated rings. The number of benzene rings is 1. The quantitative estimate of drug-likeness (QED) is 0.324. The van der Waals surface area contributed by atoms with Crippen LogP contribution in [0.4, 0.5) is 9.18 Å². The number of nitriles is 1. The van der Waals surface area contributed by atoms with E-state index in [1.807, 2.05) is 44.0 Å². The van der Waals surface area contributed by atoms with Gasteiger partial charge in [0.15, 0.2) is 5.82 Å². The second-order valence-corrected chi connectivity index (χ2v) is 13.3. The number of carbonyl (C=O) groups excluding carboxylic acids is 1. The van der Waals surface area contributed by atoms with Crippen LogP contribution < -0.4 is 4.74 Å². The van der Waals surface area contributed by atoms with Crippen molar-refractivity contribution in [3.05, 3.63) is 34.2 Å². The van der Waals surface area contributed by atoms with Crippen molar-refractivity contribution >= 4 is 43.8 Å². The molecule has 3 saturated heterocycles. The van der Waals surface area contributed by atoms with Gasteiger partial charge in [0.25, 0.3) is 0 Å². The molecule has 8 nitrogen and oxygen atoms in total. The second kappa shape index (κ2) is 9.88. The van der Waals surface area contributed by atoms with E-state index in [9.17, 15) is 10.1 Å². The maximum atomic E-state index is 16.0. The molecular formula is C30H35BrFN5O3. The molecule has 1 amide bonds. The molecule has 0 unspecified atom stereocenters. The number of hydrogen-bond donors (Lipinski definition) is 0. The summed E-state index contributed by atoms with van der Waals surface area (Å²) < 4.78 is 30.5. The average Bonchev–Trinajstić information content (AvgIpc) is 3.64. The van der Waals surface area contributed by atoms with Crippen molar-refractivity contribution in [2.75, 3.05) is 26.7 Å². The van der Waals surface area contributed by atoms with Crippen molar-refractivity contribution in [2.24, 2.45) is 5.92 Å². The van der Waals surface area contributed by atoms with Gasteiger partial charge in [0.05, 0.1) is 21.4 Å². The number of aryl methyl sites for hydroxylation is 1. The van der Waals surface area contributed by atoms with Crippen LogP contribution in [0.1, 0.15) is 58.4 Å². The Morgan fingerprint density at radius 1 is 1.32 bits per heavy atom. The van der Waals surface area contributed by atoms with Gasteiger partial charge in [-0.25, -0.2) is 14.2 Å². The summed E-state index contributed by atoms with van der Waals surface area (Å²) >= 11 is 3.42. The number of fused-ring (bicyclic) bond motifs is 4. The number of carbonyl (C=O) groups is 1. The van der Waals surface area contributed by atoms with Gasteiger partial charge in [0, 0.05) is 30.6 Å². The third-order valence-electron chi connectivity index (χ3n) is 8.67. The first-order valence-corrected chi connectivity index (χ1v) is 14.8. The van der Waals surface area contributed by atoms with Gasteiger partial charge in [0.2, 0.25) is 5.88 Å². The van der Waals surface area contributed by atoms with Crippen LogP contribution in [0.3, 0.4) is 0 Å². The highest BCUT2D eigenvalue weighted by Crippen LogP contribution is 2.56. The first-order valence-electron chi connectivity index (χ1n) is 14.0. The van der Waals surface area contributed by atoms with E-state index in [0.717, 1.165) is 43.1 Å². The standard InChI is InChI=1S/C30H35BrFN5O3/c1-29(2,3)40-28(38)37-16-18-14-30(37,15-18)36-12-9-21-26(36)22-13-19(7-5-10-33)23(31)24(32)25(22)34-27(21)39-17-20-8-6-11-35(20)4/h9,12-13,18,20H,5-8,11,14-17H2,1-4H3/t18?,20-,30?/m0/s1. The average molecular weight is 613 g/mol. The lowest BCUT2D eigenvalue weighted by atomic mass is 9.79. The molecule has 0 radical (unpaired) electrons. The molecule has 1 atom stereocenters. The second-order valence-electron chi connectivity index (χ2n) is 12.5. The number of pyridine rings is 1. The molecule has 2 aromatic heterocycles. The monoisotopic (exact) mass is 611 g/mol. The summed E-state index contributed by atoms with van der Waals surface area (Å²) in [4.78, 5) is 22.2. The molecule has 7 rings (SSSR count). The Kier molecular flexibility index (Phi) is 6.74. The number of likely N-dealkylation sites (N-methyl/N-ethyl adjacent to an activating group) is 1. The van der Waals surface area contributed by atoms with E-state index in [4.69, 9.17) is 14.5 Å². The molecule has 0 spiro atoms. The van der Waals surface area contributed by atoms with Crippen molar-refractivity contribution in [3.8, 4) is 11.9 Å². The summed E-state index contributed by atoms with van der Waals surface area (Å²) in [5.74, 6) is 0.317. The van der Waals surface area contributed by atoms with E-state index >= 15 is 4.39 Å². The minimum Gasteiger partial charge on any atom is -0.476 e. The van der Waals surface area contributed by atoms with E-state index < -0.39 is 17.1 Å². The Hall–Kier alpha value is -2.90. The number of aromatic nitrogens is 2. The van der Waals surface area contributed by atoms with Gasteiger partial charge in [0.1, 0.15) is 23.4 Å². The zero-order valence-corrected chi connectivity index (χ0v) is 25.1. The topological polar surface area (TPSA) is 83.6 Å². The summed E-state index contributed by atoms with van der Waals surface area (Å²) in [6.45, 7) is 7.74. The molecule has 4 aliphatic rings. The Balaban J connectivity index is 1.51. The van der Waals surface area contributed by atoms with Crippen LogP contribution in [0.2, 0.25) is 0 Å². The summed E-state index contributed by atoms with van der Waals surface area (Å²) in [5, 5.41) is 10.6. The maximum absolute atomic E-state index is 16.0. The van der Waals surface area contributed by atoms with E-state index in [1.165, 1.54) is 0 Å². The highest BCUT2D eigenvalue weighted by molar-refractivity contribution is 9.10. The van der Waals surface area contributed by atoms with Crippen LogP contribution >= 0.6 is 15.9 Å². The van der Waals surface area contributed by atoms with Gasteiger partial charge in [-0.3, -0.25) is 4.90 Å². The van der Waals surface area contributed by atoms with Gasteiger partial charge in [-0.15, -0.1) is 0 Å². The van der Waals surface area contributed by atoms with Crippen LogP contribution in [-0.4, -0.2) is 63.8 Å². The highest BCUT2D eigenvalue weighted by Gasteiger charge is 2.60. The zero-order valence-electron chi connectivity index (χ0n) is 23.5. The number of hydrogen-bond acceptors (Lipinski definition) is 6. The van der Waals surface area contributed by atoms with Crippen molar-refractivity contribution < 1.29 is 18.7 Å². The summed E-state index contributed by atoms with van der Waals surface area (Å²) in [6.07, 6.45) is 6.12. The van der Waals surface area contributed by atoms with Gasteiger partial charge in [-0.1, -0.05) is 0 Å². The zero-order chi connectivity index (χ0) is 28.4. The molecule has 0 N–H and O–H groups in total. The Morgan fingerprint density at radius 3 is 2.77 bits per heavy atom. The van der Waals surface area contributed by atoms with Crippen molar-refractivity contribution in [3.63, 3.8) is 0 Å². The fourth-order valence-electron chi connectivity index (χ4n) is 6.73. The van der Waals surface area contributed by atoms with E-state index in [2.05, 4.69) is 38.5 Å². The van der Waals surface area contributed by atoms with Crippen LogP contribution in [0.15, 0.2) is 22.8 Å². The summed E-state index contributed by atoms with van der Waals surface area (Å²) in [7, 11) is 2.10. The first-order chi connectivity index (χ1) is 19.0. The van der Waals surface area contributed by atoms with Crippen molar-refractivity contribution in [2.45, 2.75) is 76.6 Å². The molecule has 1 aromatic carbocycles. The largest absolute Gasteiger partial charge is 0.476 e. The molecule has 40 heavy (non-hydrogen) atoms. The first kappa shape index (κ1) is 27.3. The number of likely N-dealkylation sites (tertiary alicyclic amines) is 1. The molecule has 2 bridgehead atoms. The smallest absolute Gasteiger partial charge is 0.412 e.